The summed E-state index contributed by atoms with van der Waals surface area (Å²) in [6.07, 6.45) is 0.0308. The fourth-order valence-electron chi connectivity index (χ4n) is 1.22. The van der Waals surface area contributed by atoms with Gasteiger partial charge in [0.15, 0.2) is 5.82 Å². The lowest BCUT2D eigenvalue weighted by Gasteiger charge is -2.12. The predicted octanol–water partition coefficient (Wildman–Crippen LogP) is 1.65. The molecule has 0 radical (unpaired) electrons. The molecule has 0 aromatic carbocycles. The van der Waals surface area contributed by atoms with Crippen LogP contribution in [0.25, 0.3) is 0 Å². The number of aliphatic hydroxyl groups is 1. The van der Waals surface area contributed by atoms with Gasteiger partial charge in [-0.25, -0.2) is 0 Å². The molecule has 0 spiro atoms. The van der Waals surface area contributed by atoms with Gasteiger partial charge in [-0.05, 0) is 13.3 Å². The maximum absolute atomic E-state index is 9.63. The van der Waals surface area contributed by atoms with Crippen LogP contribution in [0.4, 0.5) is 0 Å². The number of nitrogens with zero attached hydrogens (tertiary/aromatic N) is 2. The van der Waals surface area contributed by atoms with Crippen molar-refractivity contribution in [3.63, 3.8) is 0 Å². The van der Waals surface area contributed by atoms with Crippen LogP contribution in [0.15, 0.2) is 4.52 Å². The number of rotatable bonds is 5. The van der Waals surface area contributed by atoms with Crippen LogP contribution in [0.5, 0.6) is 0 Å². The van der Waals surface area contributed by atoms with Gasteiger partial charge in [0.1, 0.15) is 6.10 Å². The van der Waals surface area contributed by atoms with Crippen LogP contribution in [0.2, 0.25) is 0 Å². The molecule has 0 amide bonds. The molecule has 3 atom stereocenters. The van der Waals surface area contributed by atoms with E-state index in [4.69, 9.17) is 9.26 Å². The molecule has 5 heteroatoms. The van der Waals surface area contributed by atoms with Gasteiger partial charge in [-0.2, -0.15) is 4.98 Å². The van der Waals surface area contributed by atoms with Crippen molar-refractivity contribution in [1.82, 2.24) is 10.1 Å². The van der Waals surface area contributed by atoms with E-state index in [9.17, 15) is 5.11 Å². The Morgan fingerprint density at radius 3 is 2.67 bits per heavy atom. The maximum Gasteiger partial charge on any atom is 0.232 e. The first kappa shape index (κ1) is 12.1. The molecular formula is C10H18N2O3. The van der Waals surface area contributed by atoms with Crippen molar-refractivity contribution in [3.05, 3.63) is 11.7 Å². The summed E-state index contributed by atoms with van der Waals surface area (Å²) in [4.78, 5) is 4.19. The molecule has 5 nitrogen and oxygen atoms in total. The van der Waals surface area contributed by atoms with Gasteiger partial charge >= 0.3 is 0 Å². The summed E-state index contributed by atoms with van der Waals surface area (Å²) in [5.74, 6) is 0.839. The zero-order valence-electron chi connectivity index (χ0n) is 9.60. The van der Waals surface area contributed by atoms with E-state index in [1.165, 1.54) is 0 Å². The molecular weight excluding hydrogens is 196 g/mol. The van der Waals surface area contributed by atoms with Crippen LogP contribution in [-0.4, -0.2) is 28.5 Å². The lowest BCUT2D eigenvalue weighted by Crippen LogP contribution is -2.14. The monoisotopic (exact) mass is 214 g/mol. The second-order valence-electron chi connectivity index (χ2n) is 3.63. The van der Waals surface area contributed by atoms with E-state index in [1.807, 2.05) is 20.8 Å². The van der Waals surface area contributed by atoms with Crippen LogP contribution in [0.1, 0.15) is 50.9 Å². The molecule has 1 heterocycles. The first-order valence-electron chi connectivity index (χ1n) is 5.14. The molecule has 0 fully saturated rings. The van der Waals surface area contributed by atoms with Gasteiger partial charge in [0.2, 0.25) is 5.89 Å². The SMILES string of the molecule is CCC(O)C(C)c1nc(C(C)OC)no1. The highest BCUT2D eigenvalue weighted by atomic mass is 16.5. The van der Waals surface area contributed by atoms with Gasteiger partial charge in [0, 0.05) is 7.11 Å². The molecule has 86 valence electrons. The highest BCUT2D eigenvalue weighted by molar-refractivity contribution is 4.96. The summed E-state index contributed by atoms with van der Waals surface area (Å²) in [6.45, 7) is 5.62. The fourth-order valence-corrected chi connectivity index (χ4v) is 1.22. The van der Waals surface area contributed by atoms with E-state index in [2.05, 4.69) is 10.1 Å². The molecule has 1 N–H and O–H groups in total. The van der Waals surface area contributed by atoms with E-state index < -0.39 is 6.10 Å². The first-order chi connectivity index (χ1) is 7.10. The van der Waals surface area contributed by atoms with Crippen molar-refractivity contribution < 1.29 is 14.4 Å². The Morgan fingerprint density at radius 1 is 1.47 bits per heavy atom. The van der Waals surface area contributed by atoms with Gasteiger partial charge in [0.05, 0.1) is 12.0 Å². The molecule has 1 aromatic rings. The molecule has 0 saturated heterocycles. The van der Waals surface area contributed by atoms with E-state index in [0.29, 0.717) is 18.1 Å². The van der Waals surface area contributed by atoms with Crippen LogP contribution in [-0.2, 0) is 4.74 Å². The Morgan fingerprint density at radius 2 is 2.13 bits per heavy atom. The second kappa shape index (κ2) is 5.23. The largest absolute Gasteiger partial charge is 0.392 e. The van der Waals surface area contributed by atoms with Crippen LogP contribution in [0.3, 0.4) is 0 Å². The molecule has 0 bridgehead atoms. The third-order valence-corrected chi connectivity index (χ3v) is 2.56. The Balaban J connectivity index is 2.75. The summed E-state index contributed by atoms with van der Waals surface area (Å²) in [5.41, 5.74) is 0. The summed E-state index contributed by atoms with van der Waals surface area (Å²) < 4.78 is 10.1. The van der Waals surface area contributed by atoms with Crippen molar-refractivity contribution >= 4 is 0 Å². The number of methoxy groups -OCH3 is 1. The summed E-state index contributed by atoms with van der Waals surface area (Å²) in [5, 5.41) is 13.4. The fraction of sp³-hybridized carbons (Fsp3) is 0.800. The zero-order valence-corrected chi connectivity index (χ0v) is 9.60. The van der Waals surface area contributed by atoms with Gasteiger partial charge in [-0.1, -0.05) is 19.0 Å². The summed E-state index contributed by atoms with van der Waals surface area (Å²) >= 11 is 0. The molecule has 0 aliphatic rings. The van der Waals surface area contributed by atoms with Gasteiger partial charge in [0.25, 0.3) is 0 Å². The highest BCUT2D eigenvalue weighted by Gasteiger charge is 2.22. The van der Waals surface area contributed by atoms with Crippen molar-refractivity contribution in [2.45, 2.75) is 45.3 Å². The number of hydrogen-bond acceptors (Lipinski definition) is 5. The normalized spacial score (nSPS) is 17.4. The lowest BCUT2D eigenvalue weighted by atomic mass is 10.0. The first-order valence-corrected chi connectivity index (χ1v) is 5.14. The minimum absolute atomic E-state index is 0.139. The molecule has 1 aromatic heterocycles. The average Bonchev–Trinajstić information content (AvgIpc) is 2.75. The van der Waals surface area contributed by atoms with Crippen LogP contribution >= 0.6 is 0 Å². The zero-order chi connectivity index (χ0) is 11.4. The van der Waals surface area contributed by atoms with Gasteiger partial charge < -0.3 is 14.4 Å². The van der Waals surface area contributed by atoms with Crippen LogP contribution in [0, 0.1) is 0 Å². The van der Waals surface area contributed by atoms with Crippen molar-refractivity contribution in [2.24, 2.45) is 0 Å². The Labute approximate surface area is 89.4 Å². The molecule has 3 unspecified atom stereocenters. The van der Waals surface area contributed by atoms with E-state index >= 15 is 0 Å². The smallest absolute Gasteiger partial charge is 0.232 e. The number of aromatic nitrogens is 2. The molecule has 15 heavy (non-hydrogen) atoms. The maximum atomic E-state index is 9.63. The minimum atomic E-state index is -0.448. The highest BCUT2D eigenvalue weighted by Crippen LogP contribution is 2.21. The Hall–Kier alpha value is -0.940. The van der Waals surface area contributed by atoms with Crippen molar-refractivity contribution in [1.29, 1.82) is 0 Å². The average molecular weight is 214 g/mol. The number of aliphatic hydroxyl groups excluding tert-OH is 1. The lowest BCUT2D eigenvalue weighted by molar-refractivity contribution is 0.109. The van der Waals surface area contributed by atoms with E-state index in [1.54, 1.807) is 7.11 Å². The third-order valence-electron chi connectivity index (χ3n) is 2.56. The Bertz CT molecular complexity index is 301. The standard InChI is InChI=1S/C10H18N2O3/c1-5-8(13)6(2)10-11-9(12-15-10)7(3)14-4/h6-8,13H,5H2,1-4H3. The van der Waals surface area contributed by atoms with Gasteiger partial charge in [-0.3, -0.25) is 0 Å². The quantitative estimate of drug-likeness (QED) is 0.807. The van der Waals surface area contributed by atoms with E-state index in [0.717, 1.165) is 0 Å². The van der Waals surface area contributed by atoms with Crippen molar-refractivity contribution in [3.8, 4) is 0 Å². The predicted molar refractivity (Wildman–Crippen MR) is 54.4 cm³/mol. The molecule has 0 aliphatic heterocycles. The molecule has 0 aliphatic carbocycles. The van der Waals surface area contributed by atoms with E-state index in [-0.39, 0.29) is 12.0 Å². The Kier molecular flexibility index (Phi) is 4.23. The molecule has 1 rings (SSSR count). The number of ether oxygens (including phenoxy) is 1. The van der Waals surface area contributed by atoms with Crippen molar-refractivity contribution in [2.75, 3.05) is 7.11 Å². The number of hydrogen-bond donors (Lipinski definition) is 1. The third kappa shape index (κ3) is 2.76. The molecule has 0 saturated carbocycles. The topological polar surface area (TPSA) is 68.4 Å². The second-order valence-corrected chi connectivity index (χ2v) is 3.63. The van der Waals surface area contributed by atoms with Gasteiger partial charge in [-0.15, -0.1) is 0 Å². The summed E-state index contributed by atoms with van der Waals surface area (Å²) in [7, 11) is 1.59. The minimum Gasteiger partial charge on any atom is -0.392 e. The van der Waals surface area contributed by atoms with Crippen LogP contribution < -0.4 is 0 Å². The summed E-state index contributed by atoms with van der Waals surface area (Å²) in [6, 6.07) is 0.